The van der Waals surface area contributed by atoms with Gasteiger partial charge in [0.25, 0.3) is 0 Å². The first-order valence-corrected chi connectivity index (χ1v) is 8.24. The van der Waals surface area contributed by atoms with Crippen molar-refractivity contribution in [3.63, 3.8) is 0 Å². The maximum atomic E-state index is 10.6. The average Bonchev–Trinajstić information content (AvgIpc) is 2.69. The SMILES string of the molecule is O=C([O-])c1ccc2ccccc2c1O.O=C([O-])c1ccc2ccccc2c1O.[Ca+2]. The van der Waals surface area contributed by atoms with Crippen molar-refractivity contribution in [3.05, 3.63) is 83.9 Å². The Hall–Kier alpha value is -2.80. The first kappa shape index (κ1) is 22.5. The molecule has 0 amide bonds. The van der Waals surface area contributed by atoms with Crippen LogP contribution in [0.15, 0.2) is 72.8 Å². The van der Waals surface area contributed by atoms with Crippen LogP contribution in [-0.4, -0.2) is 59.9 Å². The fraction of sp³-hybridized carbons (Fsp3) is 0. The number of hydrogen-bond donors (Lipinski definition) is 2. The molecule has 0 bridgehead atoms. The van der Waals surface area contributed by atoms with E-state index in [9.17, 15) is 30.0 Å². The molecule has 29 heavy (non-hydrogen) atoms. The third-order valence-electron chi connectivity index (χ3n) is 4.24. The minimum Gasteiger partial charge on any atom is -0.545 e. The summed E-state index contributed by atoms with van der Waals surface area (Å²) < 4.78 is 0. The summed E-state index contributed by atoms with van der Waals surface area (Å²) in [5.74, 6) is -3.20. The standard InChI is InChI=1S/2C11H8O3.Ca/c2*12-10-8-4-2-1-3-7(8)5-6-9(10)11(13)14;/h2*1-6,12H,(H,13,14);/q;;+2/p-2. The van der Waals surface area contributed by atoms with Gasteiger partial charge in [0.1, 0.15) is 11.5 Å². The van der Waals surface area contributed by atoms with E-state index in [-0.39, 0.29) is 60.4 Å². The Morgan fingerprint density at radius 1 is 0.586 bits per heavy atom. The average molecular weight is 414 g/mol. The summed E-state index contributed by atoms with van der Waals surface area (Å²) in [5.41, 5.74) is -0.354. The second-order valence-electron chi connectivity index (χ2n) is 5.94. The number of rotatable bonds is 2. The number of aromatic hydroxyl groups is 2. The fourth-order valence-corrected chi connectivity index (χ4v) is 2.84. The number of fused-ring (bicyclic) bond motifs is 2. The summed E-state index contributed by atoms with van der Waals surface area (Å²) in [6.07, 6.45) is 0. The molecule has 0 atom stereocenters. The molecule has 0 fully saturated rings. The molecular weight excluding hydrogens is 400 g/mol. The van der Waals surface area contributed by atoms with Gasteiger partial charge in [0, 0.05) is 21.9 Å². The topological polar surface area (TPSA) is 121 Å². The number of carboxylic acids is 2. The van der Waals surface area contributed by atoms with Gasteiger partial charge in [-0.15, -0.1) is 0 Å². The Balaban J connectivity index is 0.000000200. The van der Waals surface area contributed by atoms with E-state index >= 15 is 0 Å². The van der Waals surface area contributed by atoms with Gasteiger partial charge in [0.05, 0.1) is 11.9 Å². The minimum atomic E-state index is -1.37. The van der Waals surface area contributed by atoms with Gasteiger partial charge in [0.15, 0.2) is 0 Å². The van der Waals surface area contributed by atoms with Crippen LogP contribution in [-0.2, 0) is 0 Å². The second kappa shape index (κ2) is 9.60. The van der Waals surface area contributed by atoms with E-state index in [1.54, 1.807) is 48.5 Å². The van der Waals surface area contributed by atoms with Crippen LogP contribution in [0.2, 0.25) is 0 Å². The van der Waals surface area contributed by atoms with Crippen molar-refractivity contribution in [1.82, 2.24) is 0 Å². The minimum absolute atomic E-state index is 0. The Bertz CT molecular complexity index is 1110. The van der Waals surface area contributed by atoms with E-state index in [1.807, 2.05) is 12.1 Å². The van der Waals surface area contributed by atoms with E-state index in [0.717, 1.165) is 10.8 Å². The number of carboxylic acid groups (broad SMARTS) is 2. The summed E-state index contributed by atoms with van der Waals surface area (Å²) in [7, 11) is 0. The van der Waals surface area contributed by atoms with Crippen molar-refractivity contribution >= 4 is 71.2 Å². The van der Waals surface area contributed by atoms with Gasteiger partial charge < -0.3 is 30.0 Å². The molecule has 4 aromatic rings. The van der Waals surface area contributed by atoms with Gasteiger partial charge in [0.2, 0.25) is 0 Å². The third kappa shape index (κ3) is 4.79. The predicted octanol–water partition coefficient (Wildman–Crippen LogP) is 1.44. The van der Waals surface area contributed by atoms with Gasteiger partial charge in [-0.1, -0.05) is 60.7 Å². The quantitative estimate of drug-likeness (QED) is 0.479. The van der Waals surface area contributed by atoms with Crippen LogP contribution >= 0.6 is 0 Å². The van der Waals surface area contributed by atoms with Crippen LogP contribution in [0, 0.1) is 0 Å². The summed E-state index contributed by atoms with van der Waals surface area (Å²) in [5, 5.41) is 43.0. The van der Waals surface area contributed by atoms with Gasteiger partial charge in [-0.25, -0.2) is 0 Å². The fourth-order valence-electron chi connectivity index (χ4n) is 2.84. The van der Waals surface area contributed by atoms with Crippen molar-refractivity contribution in [1.29, 1.82) is 0 Å². The molecule has 4 aromatic carbocycles. The molecule has 0 spiro atoms. The van der Waals surface area contributed by atoms with Crippen molar-refractivity contribution in [3.8, 4) is 11.5 Å². The predicted molar refractivity (Wildman–Crippen MR) is 106 cm³/mol. The number of aromatic carboxylic acids is 2. The van der Waals surface area contributed by atoms with Crippen LogP contribution in [0.3, 0.4) is 0 Å². The second-order valence-corrected chi connectivity index (χ2v) is 5.94. The molecular formula is C22H14CaO6. The van der Waals surface area contributed by atoms with E-state index in [2.05, 4.69) is 0 Å². The van der Waals surface area contributed by atoms with E-state index in [0.29, 0.717) is 10.8 Å². The monoisotopic (exact) mass is 414 g/mol. The van der Waals surface area contributed by atoms with E-state index in [4.69, 9.17) is 0 Å². The zero-order chi connectivity index (χ0) is 20.3. The molecule has 0 aliphatic rings. The molecule has 0 aromatic heterocycles. The Labute approximate surface area is 195 Å². The molecule has 140 valence electrons. The van der Waals surface area contributed by atoms with E-state index in [1.165, 1.54) is 12.1 Å². The summed E-state index contributed by atoms with van der Waals surface area (Å²) in [4.78, 5) is 21.2. The number of hydrogen-bond acceptors (Lipinski definition) is 6. The van der Waals surface area contributed by atoms with Gasteiger partial charge in [-0.2, -0.15) is 0 Å². The number of phenols is 2. The van der Waals surface area contributed by atoms with Crippen molar-refractivity contribution in [2.24, 2.45) is 0 Å². The Morgan fingerprint density at radius 2 is 0.931 bits per heavy atom. The molecule has 7 heteroatoms. The molecule has 0 aliphatic carbocycles. The normalized spacial score (nSPS) is 9.93. The Morgan fingerprint density at radius 3 is 1.28 bits per heavy atom. The molecule has 0 aliphatic heterocycles. The maximum absolute atomic E-state index is 10.6. The summed E-state index contributed by atoms with van der Waals surface area (Å²) in [6.45, 7) is 0. The summed E-state index contributed by atoms with van der Waals surface area (Å²) >= 11 is 0. The molecule has 0 saturated carbocycles. The van der Waals surface area contributed by atoms with E-state index < -0.39 is 11.9 Å². The Kier molecular flexibility index (Phi) is 7.45. The first-order chi connectivity index (χ1) is 13.4. The van der Waals surface area contributed by atoms with Crippen LogP contribution in [0.4, 0.5) is 0 Å². The third-order valence-corrected chi connectivity index (χ3v) is 4.24. The van der Waals surface area contributed by atoms with Crippen LogP contribution in [0.25, 0.3) is 21.5 Å². The molecule has 6 nitrogen and oxygen atoms in total. The molecule has 0 heterocycles. The van der Waals surface area contributed by atoms with Crippen LogP contribution < -0.4 is 10.2 Å². The zero-order valence-electron chi connectivity index (χ0n) is 15.2. The summed E-state index contributed by atoms with van der Waals surface area (Å²) in [6, 6.07) is 20.0. The first-order valence-electron chi connectivity index (χ1n) is 8.24. The molecule has 0 radical (unpaired) electrons. The van der Waals surface area contributed by atoms with Crippen molar-refractivity contribution in [2.45, 2.75) is 0 Å². The largest absolute Gasteiger partial charge is 2.00 e. The zero-order valence-corrected chi connectivity index (χ0v) is 17.4. The van der Waals surface area contributed by atoms with Gasteiger partial charge >= 0.3 is 37.7 Å². The van der Waals surface area contributed by atoms with Gasteiger partial charge in [-0.05, 0) is 22.9 Å². The molecule has 0 unspecified atom stereocenters. The van der Waals surface area contributed by atoms with Crippen LogP contribution in [0.1, 0.15) is 20.7 Å². The van der Waals surface area contributed by atoms with Crippen molar-refractivity contribution < 1.29 is 30.0 Å². The number of carbonyl (C=O) groups excluding carboxylic acids is 2. The number of benzene rings is 4. The van der Waals surface area contributed by atoms with Crippen molar-refractivity contribution in [2.75, 3.05) is 0 Å². The maximum Gasteiger partial charge on any atom is 2.00 e. The molecule has 2 N–H and O–H groups in total. The smallest absolute Gasteiger partial charge is 0.545 e. The number of carbonyl (C=O) groups is 2. The van der Waals surface area contributed by atoms with Crippen LogP contribution in [0.5, 0.6) is 11.5 Å². The molecule has 4 rings (SSSR count). The van der Waals surface area contributed by atoms with Gasteiger partial charge in [-0.3, -0.25) is 0 Å². The molecule has 0 saturated heterocycles.